The summed E-state index contributed by atoms with van der Waals surface area (Å²) in [5, 5.41) is 3.47. The Bertz CT molecular complexity index is 645. The van der Waals surface area contributed by atoms with Crippen LogP contribution in [0.1, 0.15) is 44.1 Å². The Hall–Kier alpha value is -2.33. The summed E-state index contributed by atoms with van der Waals surface area (Å²) in [5.41, 5.74) is -1.53. The molecular weight excluding hydrogens is 360 g/mol. The first-order valence-electron chi connectivity index (χ1n) is 8.12. The second-order valence-electron chi connectivity index (χ2n) is 5.73. The van der Waals surface area contributed by atoms with Crippen LogP contribution in [0.25, 0.3) is 0 Å². The molecule has 146 valence electrons. The Morgan fingerprint density at radius 1 is 1.12 bits per heavy atom. The predicted octanol–water partition coefficient (Wildman–Crippen LogP) is 2.62. The molecule has 0 saturated carbocycles. The molecule has 1 atom stereocenters. The Morgan fingerprint density at radius 2 is 1.69 bits per heavy atom. The number of hydrogen-bond acceptors (Lipinski definition) is 4. The fourth-order valence-electron chi connectivity index (χ4n) is 2.70. The molecule has 1 aromatic heterocycles. The smallest absolute Gasteiger partial charge is 0.409 e. The monoisotopic (exact) mass is 380 g/mol. The summed E-state index contributed by atoms with van der Waals surface area (Å²) < 4.78 is 57.2. The zero-order chi connectivity index (χ0) is 19.4. The third kappa shape index (κ3) is 4.25. The summed E-state index contributed by atoms with van der Waals surface area (Å²) in [6.07, 6.45) is -6.53. The van der Waals surface area contributed by atoms with E-state index >= 15 is 0 Å². The standard InChI is InChI=1S/C15H20F4N4O3/c1-3-26-15(25)22-6-4-21(5-7-22)14(24)9(2)23-11(13(18)19)8-10(20-23)12(16)17/h8-9,12-13H,3-7H2,1-2H3. The first-order valence-corrected chi connectivity index (χ1v) is 8.12. The molecule has 1 saturated heterocycles. The van der Waals surface area contributed by atoms with Gasteiger partial charge in [-0.15, -0.1) is 0 Å². The molecule has 1 aromatic rings. The van der Waals surface area contributed by atoms with Crippen LogP contribution in [0.2, 0.25) is 0 Å². The molecule has 1 aliphatic heterocycles. The topological polar surface area (TPSA) is 67.7 Å². The van der Waals surface area contributed by atoms with E-state index in [0.717, 1.165) is 0 Å². The number of amides is 2. The lowest BCUT2D eigenvalue weighted by molar-refractivity contribution is -0.136. The lowest BCUT2D eigenvalue weighted by Gasteiger charge is -2.35. The summed E-state index contributed by atoms with van der Waals surface area (Å²) in [6, 6.07) is -0.557. The molecule has 0 aliphatic carbocycles. The van der Waals surface area contributed by atoms with Crippen LogP contribution >= 0.6 is 0 Å². The molecule has 0 radical (unpaired) electrons. The van der Waals surface area contributed by atoms with E-state index in [1.54, 1.807) is 6.92 Å². The van der Waals surface area contributed by atoms with Crippen molar-refractivity contribution in [2.75, 3.05) is 32.8 Å². The molecule has 0 bridgehead atoms. The van der Waals surface area contributed by atoms with Crippen molar-refractivity contribution in [1.29, 1.82) is 0 Å². The molecule has 11 heteroatoms. The van der Waals surface area contributed by atoms with Crippen molar-refractivity contribution >= 4 is 12.0 Å². The number of halogens is 4. The van der Waals surface area contributed by atoms with Crippen LogP contribution < -0.4 is 0 Å². The van der Waals surface area contributed by atoms with Crippen LogP contribution in [-0.2, 0) is 9.53 Å². The third-order valence-corrected chi connectivity index (χ3v) is 4.07. The highest BCUT2D eigenvalue weighted by atomic mass is 19.3. The average molecular weight is 380 g/mol. The van der Waals surface area contributed by atoms with Crippen molar-refractivity contribution in [3.8, 4) is 0 Å². The van der Waals surface area contributed by atoms with Crippen molar-refractivity contribution in [2.45, 2.75) is 32.7 Å². The van der Waals surface area contributed by atoms with Crippen LogP contribution in [0.15, 0.2) is 6.07 Å². The van der Waals surface area contributed by atoms with Crippen LogP contribution in [0, 0.1) is 0 Å². The number of carbonyl (C=O) groups is 2. The normalized spacial score (nSPS) is 16.3. The van der Waals surface area contributed by atoms with Gasteiger partial charge < -0.3 is 14.5 Å². The van der Waals surface area contributed by atoms with E-state index in [4.69, 9.17) is 4.74 Å². The van der Waals surface area contributed by atoms with Gasteiger partial charge in [-0.2, -0.15) is 5.10 Å². The van der Waals surface area contributed by atoms with Gasteiger partial charge in [0.05, 0.1) is 6.61 Å². The van der Waals surface area contributed by atoms with E-state index < -0.39 is 42.3 Å². The number of ether oxygens (including phenoxy) is 1. The summed E-state index contributed by atoms with van der Waals surface area (Å²) in [4.78, 5) is 27.0. The fraction of sp³-hybridized carbons (Fsp3) is 0.667. The molecule has 0 spiro atoms. The highest BCUT2D eigenvalue weighted by molar-refractivity contribution is 5.80. The van der Waals surface area contributed by atoms with Gasteiger partial charge in [-0.1, -0.05) is 0 Å². The number of alkyl halides is 4. The van der Waals surface area contributed by atoms with Gasteiger partial charge in [-0.25, -0.2) is 22.4 Å². The molecule has 1 unspecified atom stereocenters. The van der Waals surface area contributed by atoms with Crippen LogP contribution in [0.3, 0.4) is 0 Å². The van der Waals surface area contributed by atoms with Gasteiger partial charge in [-0.05, 0) is 19.9 Å². The molecule has 0 N–H and O–H groups in total. The Morgan fingerprint density at radius 3 is 2.19 bits per heavy atom. The van der Waals surface area contributed by atoms with Crippen molar-refractivity contribution in [1.82, 2.24) is 19.6 Å². The highest BCUT2D eigenvalue weighted by Gasteiger charge is 2.31. The maximum atomic E-state index is 13.1. The Kier molecular flexibility index (Phi) is 6.43. The van der Waals surface area contributed by atoms with Gasteiger partial charge in [0, 0.05) is 26.2 Å². The maximum Gasteiger partial charge on any atom is 0.409 e. The average Bonchev–Trinajstić information content (AvgIpc) is 3.07. The van der Waals surface area contributed by atoms with Gasteiger partial charge in [0.1, 0.15) is 17.4 Å². The van der Waals surface area contributed by atoms with Gasteiger partial charge >= 0.3 is 6.09 Å². The van der Waals surface area contributed by atoms with Crippen molar-refractivity contribution in [2.24, 2.45) is 0 Å². The Balaban J connectivity index is 2.08. The quantitative estimate of drug-likeness (QED) is 0.737. The van der Waals surface area contributed by atoms with Crippen molar-refractivity contribution in [3.63, 3.8) is 0 Å². The van der Waals surface area contributed by atoms with Gasteiger partial charge in [-0.3, -0.25) is 9.48 Å². The lowest BCUT2D eigenvalue weighted by atomic mass is 10.2. The minimum Gasteiger partial charge on any atom is -0.450 e. The predicted molar refractivity (Wildman–Crippen MR) is 82.0 cm³/mol. The lowest BCUT2D eigenvalue weighted by Crippen LogP contribution is -2.52. The zero-order valence-corrected chi connectivity index (χ0v) is 14.4. The van der Waals surface area contributed by atoms with E-state index in [2.05, 4.69) is 5.10 Å². The molecule has 26 heavy (non-hydrogen) atoms. The number of piperazine rings is 1. The van der Waals surface area contributed by atoms with Crippen LogP contribution in [0.5, 0.6) is 0 Å². The van der Waals surface area contributed by atoms with Crippen molar-refractivity contribution in [3.05, 3.63) is 17.5 Å². The fourth-order valence-corrected chi connectivity index (χ4v) is 2.70. The minimum absolute atomic E-state index is 0.189. The summed E-state index contributed by atoms with van der Waals surface area (Å²) in [5.74, 6) is -0.528. The third-order valence-electron chi connectivity index (χ3n) is 4.07. The number of aromatic nitrogens is 2. The molecule has 2 heterocycles. The van der Waals surface area contributed by atoms with E-state index in [-0.39, 0.29) is 32.8 Å². The number of rotatable bonds is 5. The second kappa shape index (κ2) is 8.37. The zero-order valence-electron chi connectivity index (χ0n) is 14.4. The van der Waals surface area contributed by atoms with Crippen LogP contribution in [0.4, 0.5) is 22.4 Å². The largest absolute Gasteiger partial charge is 0.450 e. The van der Waals surface area contributed by atoms with Gasteiger partial charge in [0.25, 0.3) is 12.9 Å². The Labute approximate surface area is 147 Å². The van der Waals surface area contributed by atoms with Gasteiger partial charge in [0.2, 0.25) is 5.91 Å². The minimum atomic E-state index is -3.04. The maximum absolute atomic E-state index is 13.1. The van der Waals surface area contributed by atoms with Crippen molar-refractivity contribution < 1.29 is 31.9 Å². The van der Waals surface area contributed by atoms with Crippen LogP contribution in [-0.4, -0.2) is 64.4 Å². The SMILES string of the molecule is CCOC(=O)N1CCN(C(=O)C(C)n2nc(C(F)F)cc2C(F)F)CC1. The molecule has 2 amide bonds. The molecule has 2 rings (SSSR count). The summed E-state index contributed by atoms with van der Waals surface area (Å²) >= 11 is 0. The molecule has 0 aromatic carbocycles. The van der Waals surface area contributed by atoms with E-state index in [9.17, 15) is 27.2 Å². The molecule has 1 aliphatic rings. The number of carbonyl (C=O) groups excluding carboxylic acids is 2. The second-order valence-corrected chi connectivity index (χ2v) is 5.73. The molecular formula is C15H20F4N4O3. The highest BCUT2D eigenvalue weighted by Crippen LogP contribution is 2.28. The van der Waals surface area contributed by atoms with Gasteiger partial charge in [0.15, 0.2) is 0 Å². The summed E-state index contributed by atoms with van der Waals surface area (Å²) in [7, 11) is 0. The summed E-state index contributed by atoms with van der Waals surface area (Å²) in [6.45, 7) is 4.09. The molecule has 7 nitrogen and oxygen atoms in total. The first-order chi connectivity index (χ1) is 12.3. The van der Waals surface area contributed by atoms with E-state index in [1.165, 1.54) is 16.7 Å². The first kappa shape index (κ1) is 20.0. The number of nitrogens with zero attached hydrogens (tertiary/aromatic N) is 4. The van der Waals surface area contributed by atoms with E-state index in [1.807, 2.05) is 0 Å². The number of hydrogen-bond donors (Lipinski definition) is 0. The van der Waals surface area contributed by atoms with E-state index in [0.29, 0.717) is 10.7 Å². The molecule has 1 fully saturated rings.